The van der Waals surface area contributed by atoms with Gasteiger partial charge in [-0.3, -0.25) is 14.9 Å². The number of benzene rings is 3. The Hall–Kier alpha value is -3.87. The third-order valence-corrected chi connectivity index (χ3v) is 4.13. The van der Waals surface area contributed by atoms with Gasteiger partial charge in [0.25, 0.3) is 11.6 Å². The van der Waals surface area contributed by atoms with E-state index in [2.05, 4.69) is 5.32 Å². The van der Waals surface area contributed by atoms with Gasteiger partial charge in [-0.1, -0.05) is 48.5 Å². The Morgan fingerprint density at radius 2 is 1.55 bits per heavy atom. The standard InChI is InChI=1S/C22H20N2O5/c25-22(16-29-21-12-6-9-19(13-21)24(26)27)23-14-17-7-4-5-8-18(17)15-28-20-10-2-1-3-11-20/h1-13H,14-16H2,(H,23,25). The molecule has 3 rings (SSSR count). The van der Waals surface area contributed by atoms with Gasteiger partial charge in [0.15, 0.2) is 6.61 Å². The largest absolute Gasteiger partial charge is 0.489 e. The zero-order valence-electron chi connectivity index (χ0n) is 15.6. The molecule has 0 fully saturated rings. The van der Waals surface area contributed by atoms with Crippen LogP contribution in [0.3, 0.4) is 0 Å². The summed E-state index contributed by atoms with van der Waals surface area (Å²) in [4.78, 5) is 22.4. The Kier molecular flexibility index (Phi) is 6.78. The summed E-state index contributed by atoms with van der Waals surface area (Å²) < 4.78 is 11.1. The minimum Gasteiger partial charge on any atom is -0.489 e. The van der Waals surface area contributed by atoms with Gasteiger partial charge in [-0.2, -0.15) is 0 Å². The van der Waals surface area contributed by atoms with Crippen molar-refractivity contribution in [3.63, 3.8) is 0 Å². The summed E-state index contributed by atoms with van der Waals surface area (Å²) in [5.74, 6) is 0.720. The highest BCUT2D eigenvalue weighted by Crippen LogP contribution is 2.19. The van der Waals surface area contributed by atoms with Crippen LogP contribution in [0.1, 0.15) is 11.1 Å². The molecule has 29 heavy (non-hydrogen) atoms. The molecule has 0 saturated carbocycles. The van der Waals surface area contributed by atoms with E-state index in [1.807, 2.05) is 54.6 Å². The second-order valence-corrected chi connectivity index (χ2v) is 6.19. The number of amides is 1. The molecule has 0 radical (unpaired) electrons. The van der Waals surface area contributed by atoms with Crippen molar-refractivity contribution in [3.05, 3.63) is 100 Å². The van der Waals surface area contributed by atoms with Crippen molar-refractivity contribution in [2.24, 2.45) is 0 Å². The van der Waals surface area contributed by atoms with E-state index in [-0.39, 0.29) is 24.0 Å². The molecule has 3 aromatic rings. The molecule has 7 heteroatoms. The van der Waals surface area contributed by atoms with E-state index < -0.39 is 4.92 Å². The lowest BCUT2D eigenvalue weighted by atomic mass is 10.1. The summed E-state index contributed by atoms with van der Waals surface area (Å²) in [6.07, 6.45) is 0. The van der Waals surface area contributed by atoms with Crippen LogP contribution in [0, 0.1) is 10.1 Å². The number of ether oxygens (including phenoxy) is 2. The predicted molar refractivity (Wildman–Crippen MR) is 108 cm³/mol. The molecule has 0 aromatic heterocycles. The molecule has 0 saturated heterocycles. The van der Waals surface area contributed by atoms with Gasteiger partial charge in [0, 0.05) is 12.6 Å². The van der Waals surface area contributed by atoms with Crippen molar-refractivity contribution in [3.8, 4) is 11.5 Å². The molecule has 1 N–H and O–H groups in total. The predicted octanol–water partition coefficient (Wildman–Crippen LogP) is 3.87. The van der Waals surface area contributed by atoms with Gasteiger partial charge in [-0.25, -0.2) is 0 Å². The van der Waals surface area contributed by atoms with Crippen LogP contribution in [0.4, 0.5) is 5.69 Å². The van der Waals surface area contributed by atoms with Crippen LogP contribution in [0.2, 0.25) is 0 Å². The fourth-order valence-electron chi connectivity index (χ4n) is 2.63. The quantitative estimate of drug-likeness (QED) is 0.441. The number of carbonyl (C=O) groups is 1. The highest BCUT2D eigenvalue weighted by molar-refractivity contribution is 5.77. The van der Waals surface area contributed by atoms with Crippen molar-refractivity contribution in [2.45, 2.75) is 13.2 Å². The summed E-state index contributed by atoms with van der Waals surface area (Å²) in [6, 6.07) is 22.9. The first-order valence-electron chi connectivity index (χ1n) is 9.00. The maximum atomic E-state index is 12.1. The van der Waals surface area contributed by atoms with Crippen molar-refractivity contribution < 1.29 is 19.2 Å². The number of nitro groups is 1. The van der Waals surface area contributed by atoms with Crippen molar-refractivity contribution in [1.82, 2.24) is 5.32 Å². The minimum absolute atomic E-state index is 0.0877. The highest BCUT2D eigenvalue weighted by Gasteiger charge is 2.09. The summed E-state index contributed by atoms with van der Waals surface area (Å²) in [7, 11) is 0. The molecule has 0 aliphatic heterocycles. The average molecular weight is 392 g/mol. The molecule has 0 atom stereocenters. The van der Waals surface area contributed by atoms with Crippen molar-refractivity contribution in [2.75, 3.05) is 6.61 Å². The monoisotopic (exact) mass is 392 g/mol. The van der Waals surface area contributed by atoms with Crippen molar-refractivity contribution >= 4 is 11.6 Å². The van der Waals surface area contributed by atoms with Gasteiger partial charge < -0.3 is 14.8 Å². The van der Waals surface area contributed by atoms with E-state index in [1.165, 1.54) is 18.2 Å². The fraction of sp³-hybridized carbons (Fsp3) is 0.136. The number of non-ortho nitro benzene ring substituents is 1. The molecule has 148 valence electrons. The lowest BCUT2D eigenvalue weighted by molar-refractivity contribution is -0.384. The lowest BCUT2D eigenvalue weighted by Gasteiger charge is -2.12. The molecule has 1 amide bonds. The molecule has 7 nitrogen and oxygen atoms in total. The smallest absolute Gasteiger partial charge is 0.273 e. The molecular formula is C22H20N2O5. The first-order chi connectivity index (χ1) is 14.1. The maximum Gasteiger partial charge on any atom is 0.273 e. The normalized spacial score (nSPS) is 10.2. The number of nitro benzene ring substituents is 1. The van der Waals surface area contributed by atoms with Gasteiger partial charge in [-0.15, -0.1) is 0 Å². The first kappa shape index (κ1) is 19.9. The van der Waals surface area contributed by atoms with Crippen LogP contribution >= 0.6 is 0 Å². The average Bonchev–Trinajstić information content (AvgIpc) is 2.76. The number of carbonyl (C=O) groups excluding carboxylic acids is 1. The first-order valence-corrected chi connectivity index (χ1v) is 9.00. The van der Waals surface area contributed by atoms with Gasteiger partial charge in [-0.05, 0) is 29.3 Å². The second kappa shape index (κ2) is 9.89. The Bertz CT molecular complexity index is 976. The molecule has 0 spiro atoms. The highest BCUT2D eigenvalue weighted by atomic mass is 16.6. The lowest BCUT2D eigenvalue weighted by Crippen LogP contribution is -2.28. The van der Waals surface area contributed by atoms with Crippen LogP contribution in [-0.4, -0.2) is 17.4 Å². The van der Waals surface area contributed by atoms with E-state index in [9.17, 15) is 14.9 Å². The van der Waals surface area contributed by atoms with Crippen LogP contribution < -0.4 is 14.8 Å². The van der Waals surface area contributed by atoms with E-state index >= 15 is 0 Å². The van der Waals surface area contributed by atoms with E-state index in [0.717, 1.165) is 16.9 Å². The van der Waals surface area contributed by atoms with Crippen LogP contribution in [0.5, 0.6) is 11.5 Å². The van der Waals surface area contributed by atoms with E-state index in [4.69, 9.17) is 9.47 Å². The molecule has 0 bridgehead atoms. The minimum atomic E-state index is -0.513. The topological polar surface area (TPSA) is 90.7 Å². The molecular weight excluding hydrogens is 372 g/mol. The third-order valence-electron chi connectivity index (χ3n) is 4.13. The summed E-state index contributed by atoms with van der Waals surface area (Å²) in [5.41, 5.74) is 1.82. The molecule has 0 aliphatic carbocycles. The zero-order chi connectivity index (χ0) is 20.5. The molecule has 0 unspecified atom stereocenters. The summed E-state index contributed by atoms with van der Waals surface area (Å²) in [6.45, 7) is 0.482. The van der Waals surface area contributed by atoms with Gasteiger partial charge in [0.05, 0.1) is 11.0 Å². The van der Waals surface area contributed by atoms with Gasteiger partial charge in [0.2, 0.25) is 0 Å². The Morgan fingerprint density at radius 1 is 0.862 bits per heavy atom. The van der Waals surface area contributed by atoms with E-state index in [0.29, 0.717) is 13.2 Å². The summed E-state index contributed by atoms with van der Waals surface area (Å²) >= 11 is 0. The van der Waals surface area contributed by atoms with Crippen LogP contribution in [0.25, 0.3) is 0 Å². The number of nitrogens with zero attached hydrogens (tertiary/aromatic N) is 1. The van der Waals surface area contributed by atoms with E-state index in [1.54, 1.807) is 6.07 Å². The molecule has 3 aromatic carbocycles. The SMILES string of the molecule is O=C(COc1cccc([N+](=O)[O-])c1)NCc1ccccc1COc1ccccc1. The van der Waals surface area contributed by atoms with Crippen molar-refractivity contribution in [1.29, 1.82) is 0 Å². The Morgan fingerprint density at radius 3 is 2.31 bits per heavy atom. The number of nitrogens with one attached hydrogen (secondary N) is 1. The zero-order valence-corrected chi connectivity index (χ0v) is 15.6. The number of rotatable bonds is 9. The Labute approximate surface area is 168 Å². The maximum absolute atomic E-state index is 12.1. The summed E-state index contributed by atoms with van der Waals surface area (Å²) in [5, 5.41) is 13.6. The molecule has 0 aliphatic rings. The van der Waals surface area contributed by atoms with Gasteiger partial charge in [0.1, 0.15) is 18.1 Å². The van der Waals surface area contributed by atoms with Crippen LogP contribution in [-0.2, 0) is 17.9 Å². The second-order valence-electron chi connectivity index (χ2n) is 6.19. The number of hydrogen-bond acceptors (Lipinski definition) is 5. The fourth-order valence-corrected chi connectivity index (χ4v) is 2.63. The van der Waals surface area contributed by atoms with Crippen LogP contribution in [0.15, 0.2) is 78.9 Å². The number of hydrogen-bond donors (Lipinski definition) is 1. The van der Waals surface area contributed by atoms with Gasteiger partial charge >= 0.3 is 0 Å². The number of para-hydroxylation sites is 1. The third kappa shape index (κ3) is 6.07. The molecule has 0 heterocycles. The Balaban J connectivity index is 1.51.